The lowest BCUT2D eigenvalue weighted by Crippen LogP contribution is -2.57. The summed E-state index contributed by atoms with van der Waals surface area (Å²) in [5, 5.41) is 4.83. The summed E-state index contributed by atoms with van der Waals surface area (Å²) in [4.78, 5) is 22.7. The van der Waals surface area contributed by atoms with Gasteiger partial charge in [0.15, 0.2) is 11.5 Å². The Kier molecular flexibility index (Phi) is 2.55. The predicted octanol–water partition coefficient (Wildman–Crippen LogP) is -0.115. The van der Waals surface area contributed by atoms with Crippen LogP contribution in [0.4, 0.5) is 4.79 Å². The Morgan fingerprint density at radius 2 is 1.75 bits per heavy atom. The summed E-state index contributed by atoms with van der Waals surface area (Å²) in [7, 11) is 3.00. The van der Waals surface area contributed by atoms with Crippen LogP contribution in [-0.2, 0) is 14.3 Å². The second-order valence-electron chi connectivity index (χ2n) is 3.48. The Morgan fingerprint density at radius 3 is 2.38 bits per heavy atom. The number of carbonyl (C=O) groups is 2. The average molecular weight is 224 g/mol. The highest BCUT2D eigenvalue weighted by atomic mass is 16.5. The van der Waals surface area contributed by atoms with Crippen molar-refractivity contribution in [2.45, 2.75) is 6.04 Å². The van der Waals surface area contributed by atoms with Gasteiger partial charge in [0.25, 0.3) is 0 Å². The predicted molar refractivity (Wildman–Crippen MR) is 54.1 cm³/mol. The van der Waals surface area contributed by atoms with Gasteiger partial charge in [-0.3, -0.25) is 10.1 Å². The van der Waals surface area contributed by atoms with Crippen molar-refractivity contribution >= 4 is 11.9 Å². The number of rotatable bonds is 2. The van der Waals surface area contributed by atoms with E-state index in [0.29, 0.717) is 11.5 Å². The number of hydrogen-bond donors (Lipinski definition) is 2. The van der Waals surface area contributed by atoms with Gasteiger partial charge in [-0.05, 0) is 12.2 Å². The molecule has 6 heteroatoms. The molecule has 2 rings (SSSR count). The molecule has 1 saturated heterocycles. The standard InChI is InChI=1S/C10H12N2O4/c1-15-7-3-5-6(4-8(7)16-2)11-10(14)12-9(5)13/h3-6H,1-2H3,(H2,11,12,13,14)/t5-,6+/m1/s1. The first kappa shape index (κ1) is 10.5. The van der Waals surface area contributed by atoms with Crippen LogP contribution in [0.1, 0.15) is 0 Å². The van der Waals surface area contributed by atoms with E-state index in [1.54, 1.807) is 12.2 Å². The summed E-state index contributed by atoms with van der Waals surface area (Å²) in [6.45, 7) is 0. The SMILES string of the molecule is COC1=C[C@@H]2NC(=O)NC(=O)[C@@H]2C=C1OC. The van der Waals surface area contributed by atoms with Gasteiger partial charge in [-0.2, -0.15) is 0 Å². The van der Waals surface area contributed by atoms with Crippen LogP contribution in [0.5, 0.6) is 0 Å². The normalized spacial score (nSPS) is 28.1. The summed E-state index contributed by atoms with van der Waals surface area (Å²) >= 11 is 0. The summed E-state index contributed by atoms with van der Waals surface area (Å²) in [5.41, 5.74) is 0. The number of fused-ring (bicyclic) bond motifs is 1. The van der Waals surface area contributed by atoms with Crippen LogP contribution in [0.2, 0.25) is 0 Å². The zero-order valence-electron chi connectivity index (χ0n) is 8.94. The minimum Gasteiger partial charge on any atom is -0.493 e. The Hall–Kier alpha value is -1.98. The van der Waals surface area contributed by atoms with Crippen molar-refractivity contribution < 1.29 is 19.1 Å². The van der Waals surface area contributed by atoms with Gasteiger partial charge in [0.2, 0.25) is 5.91 Å². The van der Waals surface area contributed by atoms with Crippen LogP contribution in [-0.4, -0.2) is 32.2 Å². The van der Waals surface area contributed by atoms with Gasteiger partial charge in [0.1, 0.15) is 0 Å². The molecule has 3 amide bonds. The molecule has 0 bridgehead atoms. The molecule has 0 aromatic rings. The Balaban J connectivity index is 2.31. The third-order valence-corrected chi connectivity index (χ3v) is 2.57. The Morgan fingerprint density at radius 1 is 1.12 bits per heavy atom. The van der Waals surface area contributed by atoms with Crippen LogP contribution in [0.3, 0.4) is 0 Å². The average Bonchev–Trinajstić information content (AvgIpc) is 2.27. The van der Waals surface area contributed by atoms with Gasteiger partial charge in [-0.25, -0.2) is 4.79 Å². The van der Waals surface area contributed by atoms with E-state index >= 15 is 0 Å². The summed E-state index contributed by atoms with van der Waals surface area (Å²) in [6.07, 6.45) is 3.30. The van der Waals surface area contributed by atoms with Crippen molar-refractivity contribution in [1.82, 2.24) is 10.6 Å². The molecule has 86 valence electrons. The lowest BCUT2D eigenvalue weighted by atomic mass is 9.91. The van der Waals surface area contributed by atoms with Crippen molar-refractivity contribution in [3.8, 4) is 0 Å². The van der Waals surface area contributed by atoms with Crippen molar-refractivity contribution in [2.24, 2.45) is 5.92 Å². The molecule has 2 atom stereocenters. The first-order chi connectivity index (χ1) is 7.65. The molecule has 0 saturated carbocycles. The van der Waals surface area contributed by atoms with Crippen LogP contribution in [0.15, 0.2) is 23.7 Å². The molecular formula is C10H12N2O4. The molecule has 2 N–H and O–H groups in total. The molecular weight excluding hydrogens is 212 g/mol. The Bertz CT molecular complexity index is 400. The summed E-state index contributed by atoms with van der Waals surface area (Å²) < 4.78 is 10.2. The van der Waals surface area contributed by atoms with Crippen LogP contribution in [0.25, 0.3) is 0 Å². The van der Waals surface area contributed by atoms with E-state index in [0.717, 1.165) is 0 Å². The molecule has 1 fully saturated rings. The Labute approximate surface area is 92.3 Å². The zero-order chi connectivity index (χ0) is 11.7. The molecule has 2 aliphatic rings. The van der Waals surface area contributed by atoms with Gasteiger partial charge in [-0.1, -0.05) is 0 Å². The van der Waals surface area contributed by atoms with Crippen molar-refractivity contribution in [3.63, 3.8) is 0 Å². The van der Waals surface area contributed by atoms with E-state index in [2.05, 4.69) is 10.6 Å². The van der Waals surface area contributed by atoms with Crippen molar-refractivity contribution in [3.05, 3.63) is 23.7 Å². The number of methoxy groups -OCH3 is 2. The maximum Gasteiger partial charge on any atom is 0.321 e. The van der Waals surface area contributed by atoms with Crippen molar-refractivity contribution in [2.75, 3.05) is 14.2 Å². The van der Waals surface area contributed by atoms with Gasteiger partial charge in [-0.15, -0.1) is 0 Å². The minimum absolute atomic E-state index is 0.338. The molecule has 1 aliphatic heterocycles. The lowest BCUT2D eigenvalue weighted by molar-refractivity contribution is -0.123. The van der Waals surface area contributed by atoms with Gasteiger partial charge < -0.3 is 14.8 Å². The number of urea groups is 1. The van der Waals surface area contributed by atoms with E-state index in [-0.39, 0.29) is 11.9 Å². The third kappa shape index (κ3) is 1.62. The van der Waals surface area contributed by atoms with E-state index in [1.807, 2.05) is 0 Å². The number of hydrogen-bond acceptors (Lipinski definition) is 4. The van der Waals surface area contributed by atoms with Gasteiger partial charge in [0, 0.05) is 0 Å². The van der Waals surface area contributed by atoms with E-state index < -0.39 is 11.9 Å². The number of carbonyl (C=O) groups excluding carboxylic acids is 2. The van der Waals surface area contributed by atoms with Crippen LogP contribution >= 0.6 is 0 Å². The van der Waals surface area contributed by atoms with Crippen LogP contribution in [0, 0.1) is 5.92 Å². The highest BCUT2D eigenvalue weighted by Crippen LogP contribution is 2.25. The molecule has 16 heavy (non-hydrogen) atoms. The lowest BCUT2D eigenvalue weighted by Gasteiger charge is -2.31. The summed E-state index contributed by atoms with van der Waals surface area (Å²) in [6, 6.07) is -0.873. The molecule has 0 radical (unpaired) electrons. The summed E-state index contributed by atoms with van der Waals surface area (Å²) in [5.74, 6) is 0.218. The van der Waals surface area contributed by atoms with Gasteiger partial charge >= 0.3 is 6.03 Å². The number of imide groups is 1. The second kappa shape index (κ2) is 3.88. The first-order valence-corrected chi connectivity index (χ1v) is 4.79. The molecule has 0 spiro atoms. The maximum absolute atomic E-state index is 11.6. The number of nitrogens with one attached hydrogen (secondary N) is 2. The van der Waals surface area contributed by atoms with Gasteiger partial charge in [0.05, 0.1) is 26.2 Å². The largest absolute Gasteiger partial charge is 0.493 e. The molecule has 0 unspecified atom stereocenters. The van der Waals surface area contributed by atoms with E-state index in [1.165, 1.54) is 14.2 Å². The molecule has 6 nitrogen and oxygen atoms in total. The quantitative estimate of drug-likeness (QED) is 0.685. The first-order valence-electron chi connectivity index (χ1n) is 4.79. The molecule has 1 heterocycles. The fraction of sp³-hybridized carbons (Fsp3) is 0.400. The second-order valence-corrected chi connectivity index (χ2v) is 3.48. The van der Waals surface area contributed by atoms with E-state index in [4.69, 9.17) is 9.47 Å². The molecule has 0 aromatic heterocycles. The topological polar surface area (TPSA) is 76.7 Å². The maximum atomic E-state index is 11.6. The number of ether oxygens (including phenoxy) is 2. The minimum atomic E-state index is -0.493. The monoisotopic (exact) mass is 224 g/mol. The smallest absolute Gasteiger partial charge is 0.321 e. The zero-order valence-corrected chi connectivity index (χ0v) is 8.94. The molecule has 1 aliphatic carbocycles. The fourth-order valence-corrected chi connectivity index (χ4v) is 1.79. The van der Waals surface area contributed by atoms with Crippen molar-refractivity contribution in [1.29, 1.82) is 0 Å². The highest BCUT2D eigenvalue weighted by Gasteiger charge is 2.36. The third-order valence-electron chi connectivity index (χ3n) is 2.57. The number of amides is 3. The van der Waals surface area contributed by atoms with Crippen LogP contribution < -0.4 is 10.6 Å². The van der Waals surface area contributed by atoms with E-state index in [9.17, 15) is 9.59 Å². The molecule has 0 aromatic carbocycles. The highest BCUT2D eigenvalue weighted by molar-refractivity contribution is 6.00. The fourth-order valence-electron chi connectivity index (χ4n) is 1.79.